The van der Waals surface area contributed by atoms with Crippen LogP contribution in [0.15, 0.2) is 115 Å². The van der Waals surface area contributed by atoms with Gasteiger partial charge in [0, 0.05) is 33.8 Å². The summed E-state index contributed by atoms with van der Waals surface area (Å²) in [6, 6.07) is 32.3. The first-order valence-electron chi connectivity index (χ1n) is 12.4. The lowest BCUT2D eigenvalue weighted by molar-refractivity contribution is 0.628. The maximum atomic E-state index is 14.1. The summed E-state index contributed by atoms with van der Waals surface area (Å²) < 4.78 is 30.2. The van der Waals surface area contributed by atoms with Crippen LogP contribution in [0.4, 0.5) is 8.78 Å². The Morgan fingerprint density at radius 2 is 1.08 bits per heavy atom. The maximum Gasteiger partial charge on any atom is 0.182 e. The van der Waals surface area contributed by atoms with E-state index in [9.17, 15) is 8.78 Å². The molecule has 5 nitrogen and oxygen atoms in total. The Balaban J connectivity index is 1.37. The van der Waals surface area contributed by atoms with Crippen LogP contribution >= 0.6 is 0 Å². The third kappa shape index (κ3) is 4.10. The van der Waals surface area contributed by atoms with E-state index in [4.69, 9.17) is 15.0 Å². The molecule has 186 valence electrons. The van der Waals surface area contributed by atoms with Crippen molar-refractivity contribution < 1.29 is 8.78 Å². The van der Waals surface area contributed by atoms with Crippen molar-refractivity contribution in [1.82, 2.24) is 24.5 Å². The van der Waals surface area contributed by atoms with Gasteiger partial charge in [-0.15, -0.1) is 0 Å². The summed E-state index contributed by atoms with van der Waals surface area (Å²) in [4.78, 5) is 18.6. The van der Waals surface area contributed by atoms with Crippen molar-refractivity contribution in [2.45, 2.75) is 0 Å². The average molecular weight is 512 g/mol. The standard InChI is InChI=1S/C32H19F2N5/c33-22-11-15-28-25(18-22)26-19-23(34)12-16-29(26)39(28)24-13-9-21(10-14-24)31-36-30(20-6-2-1-3-7-20)37-32(38-31)27-8-4-5-17-35-27/h1-19H. The molecule has 0 atom stereocenters. The van der Waals surface area contributed by atoms with E-state index in [0.717, 1.165) is 27.8 Å². The lowest BCUT2D eigenvalue weighted by Gasteiger charge is -2.10. The van der Waals surface area contributed by atoms with E-state index < -0.39 is 0 Å². The summed E-state index contributed by atoms with van der Waals surface area (Å²) in [6.07, 6.45) is 1.71. The molecule has 0 aliphatic rings. The SMILES string of the molecule is Fc1ccc2c(c1)c1cc(F)ccc1n2-c1ccc(-c2nc(-c3ccccc3)nc(-c3ccccn3)n2)cc1. The lowest BCUT2D eigenvalue weighted by atomic mass is 10.1. The van der Waals surface area contributed by atoms with Gasteiger partial charge in [-0.25, -0.2) is 23.7 Å². The van der Waals surface area contributed by atoms with Crippen LogP contribution in [0, 0.1) is 11.6 Å². The Bertz CT molecular complexity index is 1850. The van der Waals surface area contributed by atoms with Crippen molar-refractivity contribution in [3.8, 4) is 40.0 Å². The Morgan fingerprint density at radius 1 is 0.513 bits per heavy atom. The topological polar surface area (TPSA) is 56.5 Å². The minimum Gasteiger partial charge on any atom is -0.309 e. The molecule has 0 unspecified atom stereocenters. The predicted octanol–water partition coefficient (Wildman–Crippen LogP) is 7.64. The molecule has 7 aromatic rings. The molecule has 0 aliphatic carbocycles. The van der Waals surface area contributed by atoms with Crippen LogP contribution < -0.4 is 0 Å². The normalized spacial score (nSPS) is 11.3. The summed E-state index contributed by atoms with van der Waals surface area (Å²) in [5.74, 6) is 0.817. The zero-order valence-electron chi connectivity index (χ0n) is 20.5. The lowest BCUT2D eigenvalue weighted by Crippen LogP contribution is -2.01. The minimum atomic E-state index is -0.367. The molecular weight excluding hydrogens is 492 g/mol. The molecule has 0 bridgehead atoms. The highest BCUT2D eigenvalue weighted by Gasteiger charge is 2.16. The van der Waals surface area contributed by atoms with Crippen LogP contribution in [-0.2, 0) is 0 Å². The molecule has 4 aromatic carbocycles. The van der Waals surface area contributed by atoms with Crippen molar-refractivity contribution in [2.75, 3.05) is 0 Å². The molecule has 7 heteroatoms. The predicted molar refractivity (Wildman–Crippen MR) is 148 cm³/mol. The van der Waals surface area contributed by atoms with Gasteiger partial charge in [0.15, 0.2) is 17.5 Å². The summed E-state index contributed by atoms with van der Waals surface area (Å²) >= 11 is 0. The van der Waals surface area contributed by atoms with Gasteiger partial charge in [-0.2, -0.15) is 0 Å². The molecule has 7 rings (SSSR count). The fraction of sp³-hybridized carbons (Fsp3) is 0. The molecule has 0 saturated carbocycles. The first-order chi connectivity index (χ1) is 19.1. The van der Waals surface area contributed by atoms with E-state index in [1.165, 1.54) is 24.3 Å². The van der Waals surface area contributed by atoms with Crippen LogP contribution in [0.25, 0.3) is 61.8 Å². The smallest absolute Gasteiger partial charge is 0.182 e. The molecule has 0 aliphatic heterocycles. The van der Waals surface area contributed by atoms with E-state index in [1.807, 2.05) is 77.4 Å². The quantitative estimate of drug-likeness (QED) is 0.244. The third-order valence-corrected chi connectivity index (χ3v) is 6.63. The van der Waals surface area contributed by atoms with Crippen molar-refractivity contribution in [1.29, 1.82) is 0 Å². The molecule has 39 heavy (non-hydrogen) atoms. The van der Waals surface area contributed by atoms with Gasteiger partial charge in [-0.1, -0.05) is 36.4 Å². The number of fused-ring (bicyclic) bond motifs is 3. The summed E-state index contributed by atoms with van der Waals surface area (Å²) in [6.45, 7) is 0. The molecule has 0 spiro atoms. The highest BCUT2D eigenvalue weighted by Crippen LogP contribution is 2.33. The van der Waals surface area contributed by atoms with Gasteiger partial charge in [-0.3, -0.25) is 4.98 Å². The minimum absolute atomic E-state index is 0.367. The van der Waals surface area contributed by atoms with E-state index in [0.29, 0.717) is 33.9 Å². The van der Waals surface area contributed by atoms with Crippen LogP contribution in [0.5, 0.6) is 0 Å². The summed E-state index contributed by atoms with van der Waals surface area (Å²) in [7, 11) is 0. The Hall–Kier alpha value is -5.30. The number of hydrogen-bond acceptors (Lipinski definition) is 4. The van der Waals surface area contributed by atoms with Crippen LogP contribution in [0.1, 0.15) is 0 Å². The molecule has 0 N–H and O–H groups in total. The Morgan fingerprint density at radius 3 is 1.67 bits per heavy atom. The highest BCUT2D eigenvalue weighted by molar-refractivity contribution is 6.09. The number of rotatable bonds is 4. The first kappa shape index (κ1) is 22.9. The Kier molecular flexibility index (Phi) is 5.41. The van der Waals surface area contributed by atoms with Crippen molar-refractivity contribution in [3.63, 3.8) is 0 Å². The van der Waals surface area contributed by atoms with Crippen molar-refractivity contribution >= 4 is 21.8 Å². The summed E-state index contributed by atoms with van der Waals surface area (Å²) in [5, 5.41) is 1.30. The van der Waals surface area contributed by atoms with Gasteiger partial charge in [0.25, 0.3) is 0 Å². The first-order valence-corrected chi connectivity index (χ1v) is 12.4. The fourth-order valence-electron chi connectivity index (χ4n) is 4.84. The molecule has 0 amide bonds. The zero-order valence-corrected chi connectivity index (χ0v) is 20.5. The molecule has 0 radical (unpaired) electrons. The second kappa shape index (κ2) is 9.22. The third-order valence-electron chi connectivity index (χ3n) is 6.63. The van der Waals surface area contributed by atoms with Crippen LogP contribution in [-0.4, -0.2) is 24.5 Å². The number of nitrogens with zero attached hydrogens (tertiary/aromatic N) is 5. The molecular formula is C32H19F2N5. The largest absolute Gasteiger partial charge is 0.309 e. The number of benzene rings is 4. The number of hydrogen-bond donors (Lipinski definition) is 0. The number of pyridine rings is 1. The van der Waals surface area contributed by atoms with Gasteiger partial charge in [0.2, 0.25) is 0 Å². The summed E-state index contributed by atoms with van der Waals surface area (Å²) in [5.41, 5.74) is 4.74. The van der Waals surface area contributed by atoms with Gasteiger partial charge in [0.05, 0.1) is 11.0 Å². The monoisotopic (exact) mass is 511 g/mol. The molecule has 3 aromatic heterocycles. The van der Waals surface area contributed by atoms with E-state index in [1.54, 1.807) is 18.3 Å². The van der Waals surface area contributed by atoms with Gasteiger partial charge in [-0.05, 0) is 72.8 Å². The molecule has 0 fully saturated rings. The number of halogens is 2. The van der Waals surface area contributed by atoms with E-state index in [2.05, 4.69) is 4.98 Å². The van der Waals surface area contributed by atoms with Gasteiger partial charge < -0.3 is 4.57 Å². The Labute approximate surface area is 222 Å². The molecule has 3 heterocycles. The fourth-order valence-corrected chi connectivity index (χ4v) is 4.84. The number of aromatic nitrogens is 5. The van der Waals surface area contributed by atoms with Gasteiger partial charge >= 0.3 is 0 Å². The zero-order chi connectivity index (χ0) is 26.3. The maximum absolute atomic E-state index is 14.1. The van der Waals surface area contributed by atoms with Crippen LogP contribution in [0.3, 0.4) is 0 Å². The van der Waals surface area contributed by atoms with E-state index >= 15 is 0 Å². The molecule has 0 saturated heterocycles. The van der Waals surface area contributed by atoms with Gasteiger partial charge in [0.1, 0.15) is 17.3 Å². The van der Waals surface area contributed by atoms with Crippen LogP contribution in [0.2, 0.25) is 0 Å². The van der Waals surface area contributed by atoms with E-state index in [-0.39, 0.29) is 11.6 Å². The average Bonchev–Trinajstić information content (AvgIpc) is 3.30. The highest BCUT2D eigenvalue weighted by atomic mass is 19.1. The second-order valence-electron chi connectivity index (χ2n) is 9.09. The second-order valence-corrected chi connectivity index (χ2v) is 9.09. The van der Waals surface area contributed by atoms with Crippen molar-refractivity contribution in [3.05, 3.63) is 127 Å². The van der Waals surface area contributed by atoms with Crippen molar-refractivity contribution in [2.24, 2.45) is 0 Å².